The molecule has 4 nitrogen and oxygen atoms in total. The van der Waals surface area contributed by atoms with Gasteiger partial charge in [-0.3, -0.25) is 4.79 Å². The van der Waals surface area contributed by atoms with E-state index in [1.54, 1.807) is 6.26 Å². The zero-order valence-corrected chi connectivity index (χ0v) is 10.1. The summed E-state index contributed by atoms with van der Waals surface area (Å²) < 4.78 is 5.16. The summed E-state index contributed by atoms with van der Waals surface area (Å²) in [5.41, 5.74) is 0. The Balaban J connectivity index is 1.60. The van der Waals surface area contributed by atoms with Gasteiger partial charge in [0.05, 0.1) is 12.8 Å². The molecule has 1 aromatic rings. The van der Waals surface area contributed by atoms with Crippen molar-refractivity contribution in [1.29, 1.82) is 0 Å². The Hall–Kier alpha value is -1.29. The molecule has 1 amide bonds. The molecule has 17 heavy (non-hydrogen) atoms. The van der Waals surface area contributed by atoms with E-state index in [-0.39, 0.29) is 5.91 Å². The molecule has 0 spiro atoms. The lowest BCUT2D eigenvalue weighted by molar-refractivity contribution is -0.121. The monoisotopic (exact) mass is 236 g/mol. The van der Waals surface area contributed by atoms with Crippen LogP contribution in [0.1, 0.15) is 31.4 Å². The molecule has 0 atom stereocenters. The van der Waals surface area contributed by atoms with Gasteiger partial charge in [0.15, 0.2) is 0 Å². The predicted molar refractivity (Wildman–Crippen MR) is 65.4 cm³/mol. The molecule has 2 heterocycles. The van der Waals surface area contributed by atoms with E-state index < -0.39 is 0 Å². The smallest absolute Gasteiger partial charge is 0.220 e. The van der Waals surface area contributed by atoms with Crippen molar-refractivity contribution >= 4 is 5.91 Å². The molecule has 94 valence electrons. The Morgan fingerprint density at radius 3 is 3.00 bits per heavy atom. The molecule has 2 rings (SSSR count). The average Bonchev–Trinajstić information content (AvgIpc) is 2.88. The Labute approximate surface area is 102 Å². The first-order valence-corrected chi connectivity index (χ1v) is 6.34. The Morgan fingerprint density at radius 2 is 2.29 bits per heavy atom. The molecule has 1 fully saturated rings. The Bertz CT molecular complexity index is 329. The summed E-state index contributed by atoms with van der Waals surface area (Å²) in [5.74, 6) is 1.64. The molecular weight excluding hydrogens is 216 g/mol. The van der Waals surface area contributed by atoms with Crippen LogP contribution < -0.4 is 10.6 Å². The maximum absolute atomic E-state index is 11.6. The molecule has 1 aliphatic heterocycles. The number of rotatable bonds is 5. The third kappa shape index (κ3) is 4.23. The first-order valence-electron chi connectivity index (χ1n) is 6.34. The highest BCUT2D eigenvalue weighted by molar-refractivity contribution is 5.75. The number of furan rings is 1. The lowest BCUT2D eigenvalue weighted by Gasteiger charge is -2.22. The van der Waals surface area contributed by atoms with E-state index in [0.29, 0.717) is 18.9 Å². The Morgan fingerprint density at radius 1 is 1.47 bits per heavy atom. The topological polar surface area (TPSA) is 54.3 Å². The van der Waals surface area contributed by atoms with Gasteiger partial charge >= 0.3 is 0 Å². The van der Waals surface area contributed by atoms with Gasteiger partial charge in [0.2, 0.25) is 5.91 Å². The quantitative estimate of drug-likeness (QED) is 0.817. The maximum atomic E-state index is 11.6. The van der Waals surface area contributed by atoms with E-state index in [2.05, 4.69) is 10.6 Å². The van der Waals surface area contributed by atoms with E-state index in [1.165, 1.54) is 12.8 Å². The summed E-state index contributed by atoms with van der Waals surface area (Å²) in [5, 5.41) is 6.21. The van der Waals surface area contributed by atoms with Crippen LogP contribution in [0, 0.1) is 5.92 Å². The van der Waals surface area contributed by atoms with E-state index in [1.807, 2.05) is 12.1 Å². The lowest BCUT2D eigenvalue weighted by Crippen LogP contribution is -2.29. The standard InChI is InChI=1S/C13H20N2O2/c16-13(15-10-12-2-1-9-17-12)4-3-11-5-7-14-8-6-11/h1-2,9,11,14H,3-8,10H2,(H,15,16). The van der Waals surface area contributed by atoms with Gasteiger partial charge in [0.25, 0.3) is 0 Å². The van der Waals surface area contributed by atoms with Gasteiger partial charge in [0, 0.05) is 6.42 Å². The van der Waals surface area contributed by atoms with Crippen molar-refractivity contribution in [3.63, 3.8) is 0 Å². The summed E-state index contributed by atoms with van der Waals surface area (Å²) >= 11 is 0. The van der Waals surface area contributed by atoms with Crippen LogP contribution in [-0.4, -0.2) is 19.0 Å². The normalized spacial score (nSPS) is 16.9. The van der Waals surface area contributed by atoms with Crippen LogP contribution in [0.4, 0.5) is 0 Å². The maximum Gasteiger partial charge on any atom is 0.220 e. The van der Waals surface area contributed by atoms with Crippen LogP contribution in [0.25, 0.3) is 0 Å². The fraction of sp³-hybridized carbons (Fsp3) is 0.615. The number of carbonyl (C=O) groups is 1. The van der Waals surface area contributed by atoms with Gasteiger partial charge in [-0.2, -0.15) is 0 Å². The van der Waals surface area contributed by atoms with Crippen molar-refractivity contribution < 1.29 is 9.21 Å². The number of piperidine rings is 1. The van der Waals surface area contributed by atoms with E-state index in [0.717, 1.165) is 25.3 Å². The largest absolute Gasteiger partial charge is 0.467 e. The molecular formula is C13H20N2O2. The van der Waals surface area contributed by atoms with Crippen molar-refractivity contribution in [2.24, 2.45) is 5.92 Å². The molecule has 0 aromatic carbocycles. The molecule has 0 saturated carbocycles. The minimum atomic E-state index is 0.125. The zero-order valence-electron chi connectivity index (χ0n) is 10.1. The van der Waals surface area contributed by atoms with Crippen molar-refractivity contribution in [3.05, 3.63) is 24.2 Å². The van der Waals surface area contributed by atoms with Crippen LogP contribution in [0.15, 0.2) is 22.8 Å². The molecule has 1 aliphatic rings. The first-order chi connectivity index (χ1) is 8.34. The van der Waals surface area contributed by atoms with Crippen molar-refractivity contribution in [3.8, 4) is 0 Å². The minimum absolute atomic E-state index is 0.125. The fourth-order valence-corrected chi connectivity index (χ4v) is 2.19. The van der Waals surface area contributed by atoms with Crippen molar-refractivity contribution in [2.45, 2.75) is 32.2 Å². The van der Waals surface area contributed by atoms with E-state index in [4.69, 9.17) is 4.42 Å². The molecule has 4 heteroatoms. The first kappa shape index (κ1) is 12.2. The second kappa shape index (κ2) is 6.45. The highest BCUT2D eigenvalue weighted by Crippen LogP contribution is 2.17. The molecule has 0 unspecified atom stereocenters. The molecule has 2 N–H and O–H groups in total. The summed E-state index contributed by atoms with van der Waals surface area (Å²) in [4.78, 5) is 11.6. The summed E-state index contributed by atoms with van der Waals surface area (Å²) in [7, 11) is 0. The van der Waals surface area contributed by atoms with Gasteiger partial charge < -0.3 is 15.1 Å². The molecule has 0 bridgehead atoms. The number of amides is 1. The van der Waals surface area contributed by atoms with Gasteiger partial charge in [0.1, 0.15) is 5.76 Å². The van der Waals surface area contributed by atoms with Gasteiger partial charge in [-0.15, -0.1) is 0 Å². The van der Waals surface area contributed by atoms with Crippen LogP contribution in [0.2, 0.25) is 0 Å². The average molecular weight is 236 g/mol. The summed E-state index contributed by atoms with van der Waals surface area (Å²) in [6, 6.07) is 3.70. The zero-order chi connectivity index (χ0) is 11.9. The summed E-state index contributed by atoms with van der Waals surface area (Å²) in [6.45, 7) is 2.69. The second-order valence-electron chi connectivity index (χ2n) is 4.59. The molecule has 0 radical (unpaired) electrons. The highest BCUT2D eigenvalue weighted by atomic mass is 16.3. The minimum Gasteiger partial charge on any atom is -0.467 e. The predicted octanol–water partition coefficient (Wildman–Crippen LogP) is 1.68. The molecule has 1 saturated heterocycles. The van der Waals surface area contributed by atoms with Crippen LogP contribution in [0.3, 0.4) is 0 Å². The van der Waals surface area contributed by atoms with Crippen LogP contribution in [-0.2, 0) is 11.3 Å². The Kier molecular flexibility index (Phi) is 4.62. The van der Waals surface area contributed by atoms with Crippen molar-refractivity contribution in [1.82, 2.24) is 10.6 Å². The number of hydrogen-bond donors (Lipinski definition) is 2. The number of hydrogen-bond acceptors (Lipinski definition) is 3. The van der Waals surface area contributed by atoms with E-state index >= 15 is 0 Å². The summed E-state index contributed by atoms with van der Waals surface area (Å²) in [6.07, 6.45) is 5.66. The van der Waals surface area contributed by atoms with Crippen molar-refractivity contribution in [2.75, 3.05) is 13.1 Å². The third-order valence-electron chi connectivity index (χ3n) is 3.28. The third-order valence-corrected chi connectivity index (χ3v) is 3.28. The molecule has 1 aromatic heterocycles. The van der Waals surface area contributed by atoms with Crippen LogP contribution >= 0.6 is 0 Å². The highest BCUT2D eigenvalue weighted by Gasteiger charge is 2.14. The van der Waals surface area contributed by atoms with Gasteiger partial charge in [-0.05, 0) is 50.4 Å². The fourth-order valence-electron chi connectivity index (χ4n) is 2.19. The number of carbonyl (C=O) groups excluding carboxylic acids is 1. The van der Waals surface area contributed by atoms with Crippen LogP contribution in [0.5, 0.6) is 0 Å². The molecule has 0 aliphatic carbocycles. The van der Waals surface area contributed by atoms with Gasteiger partial charge in [-0.1, -0.05) is 0 Å². The van der Waals surface area contributed by atoms with E-state index in [9.17, 15) is 4.79 Å². The number of nitrogens with one attached hydrogen (secondary N) is 2. The lowest BCUT2D eigenvalue weighted by atomic mass is 9.93. The SMILES string of the molecule is O=C(CCC1CCNCC1)NCc1ccco1. The van der Waals surface area contributed by atoms with Gasteiger partial charge in [-0.25, -0.2) is 0 Å². The second-order valence-corrected chi connectivity index (χ2v) is 4.59.